The molecule has 2 aromatic rings. The maximum Gasteiger partial charge on any atom is 0.234 e. The number of hydrogen-bond donors (Lipinski definition) is 2. The summed E-state index contributed by atoms with van der Waals surface area (Å²) in [6, 6.07) is 18.4. The van der Waals surface area contributed by atoms with Crippen LogP contribution in [0, 0.1) is 0 Å². The smallest absolute Gasteiger partial charge is 0.234 e. The lowest BCUT2D eigenvalue weighted by atomic mass is 10.0. The van der Waals surface area contributed by atoms with Gasteiger partial charge in [-0.05, 0) is 36.6 Å². The molecule has 0 fully saturated rings. The van der Waals surface area contributed by atoms with Crippen LogP contribution in [0.25, 0.3) is 0 Å². The van der Waals surface area contributed by atoms with Gasteiger partial charge in [-0.2, -0.15) is 0 Å². The molecule has 0 aliphatic rings. The standard InChI is InChI=1S/C19H23BrN2O/c1-3-18(16-9-11-17(20)12-10-16)21-13-19(23)22-14(2)15-7-5-4-6-8-15/h4-12,14,18,21H,3,13H2,1-2H3,(H,22,23)/t14-,18+/m0/s1. The lowest BCUT2D eigenvalue weighted by Gasteiger charge is -2.19. The molecule has 0 aliphatic heterocycles. The fraction of sp³-hybridized carbons (Fsp3) is 0.316. The Morgan fingerprint density at radius 3 is 2.30 bits per heavy atom. The molecule has 1 amide bonds. The molecule has 0 radical (unpaired) electrons. The molecule has 122 valence electrons. The molecule has 23 heavy (non-hydrogen) atoms. The highest BCUT2D eigenvalue weighted by molar-refractivity contribution is 9.10. The lowest BCUT2D eigenvalue weighted by molar-refractivity contribution is -0.121. The monoisotopic (exact) mass is 374 g/mol. The Kier molecular flexibility index (Phi) is 6.81. The molecule has 0 aromatic heterocycles. The minimum atomic E-state index is 0.0110. The molecule has 0 aliphatic carbocycles. The zero-order valence-corrected chi connectivity index (χ0v) is 15.1. The number of benzene rings is 2. The predicted molar refractivity (Wildman–Crippen MR) is 98.2 cm³/mol. The van der Waals surface area contributed by atoms with Crippen LogP contribution in [0.3, 0.4) is 0 Å². The molecule has 0 bridgehead atoms. The first-order valence-corrected chi connectivity index (χ1v) is 8.72. The third-order valence-electron chi connectivity index (χ3n) is 3.87. The number of amides is 1. The highest BCUT2D eigenvalue weighted by Gasteiger charge is 2.13. The van der Waals surface area contributed by atoms with Crippen LogP contribution < -0.4 is 10.6 Å². The second kappa shape index (κ2) is 8.85. The van der Waals surface area contributed by atoms with Crippen molar-refractivity contribution in [3.05, 3.63) is 70.2 Å². The van der Waals surface area contributed by atoms with E-state index in [1.54, 1.807) is 0 Å². The normalized spacial score (nSPS) is 13.3. The summed E-state index contributed by atoms with van der Waals surface area (Å²) in [5, 5.41) is 6.36. The first-order valence-electron chi connectivity index (χ1n) is 7.93. The lowest BCUT2D eigenvalue weighted by Crippen LogP contribution is -2.36. The van der Waals surface area contributed by atoms with Gasteiger partial charge in [0, 0.05) is 10.5 Å². The molecule has 2 aromatic carbocycles. The number of carbonyl (C=O) groups excluding carboxylic acids is 1. The number of hydrogen-bond acceptors (Lipinski definition) is 2. The van der Waals surface area contributed by atoms with Crippen molar-refractivity contribution in [1.29, 1.82) is 0 Å². The van der Waals surface area contributed by atoms with E-state index in [1.807, 2.05) is 49.4 Å². The average molecular weight is 375 g/mol. The quantitative estimate of drug-likeness (QED) is 0.755. The molecule has 4 heteroatoms. The van der Waals surface area contributed by atoms with Crippen LogP contribution >= 0.6 is 15.9 Å². The third kappa shape index (κ3) is 5.48. The molecule has 0 heterocycles. The first kappa shape index (κ1) is 17.7. The molecule has 0 spiro atoms. The molecule has 2 rings (SSSR count). The minimum absolute atomic E-state index is 0.0110. The Hall–Kier alpha value is -1.65. The van der Waals surface area contributed by atoms with E-state index in [1.165, 1.54) is 5.56 Å². The maximum atomic E-state index is 12.2. The maximum absolute atomic E-state index is 12.2. The fourth-order valence-corrected chi connectivity index (χ4v) is 2.79. The Morgan fingerprint density at radius 1 is 1.04 bits per heavy atom. The van der Waals surface area contributed by atoms with Crippen molar-refractivity contribution >= 4 is 21.8 Å². The van der Waals surface area contributed by atoms with E-state index in [0.717, 1.165) is 16.5 Å². The fourth-order valence-electron chi connectivity index (χ4n) is 2.53. The molecule has 3 nitrogen and oxygen atoms in total. The summed E-state index contributed by atoms with van der Waals surface area (Å²) >= 11 is 3.44. The van der Waals surface area contributed by atoms with E-state index < -0.39 is 0 Å². The van der Waals surface area contributed by atoms with Crippen LogP contribution in [0.4, 0.5) is 0 Å². The van der Waals surface area contributed by atoms with Crippen LogP contribution in [0.15, 0.2) is 59.1 Å². The number of halogens is 1. The van der Waals surface area contributed by atoms with Crippen molar-refractivity contribution in [2.24, 2.45) is 0 Å². The van der Waals surface area contributed by atoms with Gasteiger partial charge in [-0.1, -0.05) is 65.3 Å². The van der Waals surface area contributed by atoms with Crippen LogP contribution in [-0.4, -0.2) is 12.5 Å². The van der Waals surface area contributed by atoms with Crippen molar-refractivity contribution in [2.75, 3.05) is 6.54 Å². The molecule has 2 N–H and O–H groups in total. The summed E-state index contributed by atoms with van der Waals surface area (Å²) in [4.78, 5) is 12.2. The molecule has 0 unspecified atom stereocenters. The van der Waals surface area contributed by atoms with E-state index in [2.05, 4.69) is 45.6 Å². The van der Waals surface area contributed by atoms with Gasteiger partial charge < -0.3 is 10.6 Å². The second-order valence-corrected chi connectivity index (χ2v) is 6.51. The zero-order chi connectivity index (χ0) is 16.7. The van der Waals surface area contributed by atoms with Gasteiger partial charge in [0.25, 0.3) is 0 Å². The van der Waals surface area contributed by atoms with Crippen LogP contribution in [0.2, 0.25) is 0 Å². The van der Waals surface area contributed by atoms with Gasteiger partial charge in [-0.3, -0.25) is 4.79 Å². The van der Waals surface area contributed by atoms with Crippen molar-refractivity contribution in [3.63, 3.8) is 0 Å². The third-order valence-corrected chi connectivity index (χ3v) is 4.40. The predicted octanol–water partition coefficient (Wildman–Crippen LogP) is 4.37. The number of nitrogens with one attached hydrogen (secondary N) is 2. The van der Waals surface area contributed by atoms with Crippen molar-refractivity contribution in [1.82, 2.24) is 10.6 Å². The van der Waals surface area contributed by atoms with Crippen LogP contribution in [-0.2, 0) is 4.79 Å². The second-order valence-electron chi connectivity index (χ2n) is 5.59. The summed E-state index contributed by atoms with van der Waals surface area (Å²) in [5.41, 5.74) is 2.31. The zero-order valence-electron chi connectivity index (χ0n) is 13.6. The molecule has 2 atom stereocenters. The Balaban J connectivity index is 1.86. The number of rotatable bonds is 7. The van der Waals surface area contributed by atoms with E-state index in [4.69, 9.17) is 0 Å². The van der Waals surface area contributed by atoms with E-state index in [9.17, 15) is 4.79 Å². The average Bonchev–Trinajstić information content (AvgIpc) is 2.57. The van der Waals surface area contributed by atoms with Crippen molar-refractivity contribution in [2.45, 2.75) is 32.4 Å². The summed E-state index contributed by atoms with van der Waals surface area (Å²) in [6.45, 7) is 4.43. The van der Waals surface area contributed by atoms with Gasteiger partial charge in [0.2, 0.25) is 5.91 Å². The Labute approximate surface area is 146 Å². The van der Waals surface area contributed by atoms with Gasteiger partial charge in [-0.25, -0.2) is 0 Å². The van der Waals surface area contributed by atoms with Gasteiger partial charge in [0.05, 0.1) is 12.6 Å². The van der Waals surface area contributed by atoms with Gasteiger partial charge >= 0.3 is 0 Å². The summed E-state index contributed by atoms with van der Waals surface area (Å²) < 4.78 is 1.06. The number of carbonyl (C=O) groups is 1. The highest BCUT2D eigenvalue weighted by atomic mass is 79.9. The van der Waals surface area contributed by atoms with E-state index in [0.29, 0.717) is 6.54 Å². The Morgan fingerprint density at radius 2 is 1.70 bits per heavy atom. The van der Waals surface area contributed by atoms with Crippen molar-refractivity contribution in [3.8, 4) is 0 Å². The largest absolute Gasteiger partial charge is 0.348 e. The van der Waals surface area contributed by atoms with E-state index >= 15 is 0 Å². The summed E-state index contributed by atoms with van der Waals surface area (Å²) in [5.74, 6) is 0.0110. The van der Waals surface area contributed by atoms with Crippen LogP contribution in [0.1, 0.15) is 43.5 Å². The topological polar surface area (TPSA) is 41.1 Å². The molecule has 0 saturated heterocycles. The molecular formula is C19H23BrN2O. The van der Waals surface area contributed by atoms with E-state index in [-0.39, 0.29) is 18.0 Å². The summed E-state index contributed by atoms with van der Waals surface area (Å²) in [6.07, 6.45) is 0.934. The van der Waals surface area contributed by atoms with Gasteiger partial charge in [0.15, 0.2) is 0 Å². The SMILES string of the molecule is CC[C@@H](NCC(=O)N[C@@H](C)c1ccccc1)c1ccc(Br)cc1. The first-order chi connectivity index (χ1) is 11.1. The Bertz CT molecular complexity index is 613. The van der Waals surface area contributed by atoms with Gasteiger partial charge in [-0.15, -0.1) is 0 Å². The van der Waals surface area contributed by atoms with Crippen molar-refractivity contribution < 1.29 is 4.79 Å². The summed E-state index contributed by atoms with van der Waals surface area (Å²) in [7, 11) is 0. The van der Waals surface area contributed by atoms with Gasteiger partial charge in [0.1, 0.15) is 0 Å². The minimum Gasteiger partial charge on any atom is -0.348 e. The van der Waals surface area contributed by atoms with Crippen LogP contribution in [0.5, 0.6) is 0 Å². The molecule has 0 saturated carbocycles. The highest BCUT2D eigenvalue weighted by Crippen LogP contribution is 2.19. The molecular weight excluding hydrogens is 352 g/mol.